The minimum absolute atomic E-state index is 0.0724. The lowest BCUT2D eigenvalue weighted by Crippen LogP contribution is -2.45. The fourth-order valence-corrected chi connectivity index (χ4v) is 7.37. The van der Waals surface area contributed by atoms with Crippen LogP contribution < -0.4 is 5.32 Å². The fraction of sp³-hybridized carbons (Fsp3) is 0.860. The van der Waals surface area contributed by atoms with Crippen molar-refractivity contribution in [3.8, 4) is 0 Å². The maximum absolute atomic E-state index is 12.4. The van der Waals surface area contributed by atoms with E-state index in [1.807, 2.05) is 6.08 Å². The van der Waals surface area contributed by atoms with Crippen molar-refractivity contribution in [2.45, 2.75) is 270 Å². The number of hydrogen-bond donors (Lipinski definition) is 3. The second-order valence-corrected chi connectivity index (χ2v) is 16.5. The van der Waals surface area contributed by atoms with Crippen LogP contribution in [0.15, 0.2) is 36.5 Å². The topological polar surface area (TPSA) is 69.6 Å². The number of carbonyl (C=O) groups excluding carboxylic acids is 1. The molecular weight excluding hydrogens is 663 g/mol. The molecule has 0 aromatic carbocycles. The highest BCUT2D eigenvalue weighted by Crippen LogP contribution is 2.16. The molecule has 54 heavy (non-hydrogen) atoms. The average molecular weight is 758 g/mol. The van der Waals surface area contributed by atoms with Gasteiger partial charge in [-0.25, -0.2) is 0 Å². The van der Waals surface area contributed by atoms with Gasteiger partial charge in [0.25, 0.3) is 0 Å². The maximum atomic E-state index is 12.4. The molecule has 0 spiro atoms. The standard InChI is InChI=1S/C50H95NO3/c1-3-5-7-9-11-13-15-16-17-18-19-20-21-22-23-24-25-26-27-28-29-30-31-32-33-34-36-38-40-42-44-46-50(54)51-48(47-52)49(53)45-43-41-39-37-35-14-12-10-8-6-4-2/h18-19,35,37,43,45,48-49,52-53H,3-17,20-34,36,38-42,44,46-47H2,1-2H3,(H,51,54)/b19-18-,37-35+,45-43+. The molecule has 2 atom stereocenters. The number of rotatable bonds is 44. The Labute approximate surface area is 338 Å². The third kappa shape index (κ3) is 41.8. The van der Waals surface area contributed by atoms with Crippen molar-refractivity contribution < 1.29 is 15.0 Å². The van der Waals surface area contributed by atoms with Crippen molar-refractivity contribution in [2.75, 3.05) is 6.61 Å². The Balaban J connectivity index is 3.43. The van der Waals surface area contributed by atoms with Gasteiger partial charge in [-0.05, 0) is 57.8 Å². The molecule has 0 aliphatic carbocycles. The molecule has 0 aromatic heterocycles. The van der Waals surface area contributed by atoms with Gasteiger partial charge in [0.1, 0.15) is 0 Å². The molecule has 0 aliphatic rings. The second kappa shape index (κ2) is 46.0. The van der Waals surface area contributed by atoms with E-state index in [0.717, 1.165) is 32.1 Å². The third-order valence-electron chi connectivity index (χ3n) is 11.1. The Morgan fingerprint density at radius 2 is 0.722 bits per heavy atom. The van der Waals surface area contributed by atoms with E-state index in [0.29, 0.717) is 6.42 Å². The quantitative estimate of drug-likeness (QED) is 0.0428. The molecule has 0 aliphatic heterocycles. The van der Waals surface area contributed by atoms with Crippen LogP contribution in [0, 0.1) is 0 Å². The summed E-state index contributed by atoms with van der Waals surface area (Å²) in [7, 11) is 0. The second-order valence-electron chi connectivity index (χ2n) is 16.5. The molecule has 3 N–H and O–H groups in total. The number of aliphatic hydroxyl groups is 2. The van der Waals surface area contributed by atoms with Gasteiger partial charge in [-0.15, -0.1) is 0 Å². The SMILES string of the molecule is CCCCCCC/C=C/CC/C=C/C(O)C(CO)NC(=O)CCCCCCCCCCCCCCCCCCCCC/C=C\CCCCCCCCCC. The van der Waals surface area contributed by atoms with Crippen LogP contribution in [0.3, 0.4) is 0 Å². The lowest BCUT2D eigenvalue weighted by atomic mass is 10.0. The molecule has 0 rings (SSSR count). The largest absolute Gasteiger partial charge is 0.394 e. The summed E-state index contributed by atoms with van der Waals surface area (Å²) < 4.78 is 0. The zero-order valence-corrected chi connectivity index (χ0v) is 36.5. The van der Waals surface area contributed by atoms with E-state index < -0.39 is 12.1 Å². The van der Waals surface area contributed by atoms with E-state index in [2.05, 4.69) is 43.5 Å². The molecule has 2 unspecified atom stereocenters. The van der Waals surface area contributed by atoms with E-state index in [1.54, 1.807) is 6.08 Å². The molecule has 0 radical (unpaired) electrons. The number of carbonyl (C=O) groups is 1. The molecule has 0 saturated heterocycles. The first-order chi connectivity index (χ1) is 26.7. The van der Waals surface area contributed by atoms with Crippen molar-refractivity contribution in [1.29, 1.82) is 0 Å². The average Bonchev–Trinajstić information content (AvgIpc) is 3.18. The van der Waals surface area contributed by atoms with E-state index in [4.69, 9.17) is 0 Å². The summed E-state index contributed by atoms with van der Waals surface area (Å²) in [5.74, 6) is -0.0724. The fourth-order valence-electron chi connectivity index (χ4n) is 7.37. The van der Waals surface area contributed by atoms with E-state index >= 15 is 0 Å². The third-order valence-corrected chi connectivity index (χ3v) is 11.1. The molecule has 0 heterocycles. The van der Waals surface area contributed by atoms with Gasteiger partial charge in [0, 0.05) is 6.42 Å². The number of nitrogens with one attached hydrogen (secondary N) is 1. The van der Waals surface area contributed by atoms with Gasteiger partial charge < -0.3 is 15.5 Å². The predicted molar refractivity (Wildman–Crippen MR) is 239 cm³/mol. The van der Waals surface area contributed by atoms with Crippen LogP contribution in [0.1, 0.15) is 258 Å². The molecule has 4 heteroatoms. The van der Waals surface area contributed by atoms with Gasteiger partial charge in [0.05, 0.1) is 18.8 Å². The van der Waals surface area contributed by atoms with Crippen molar-refractivity contribution in [3.05, 3.63) is 36.5 Å². The van der Waals surface area contributed by atoms with Crippen LogP contribution in [0.2, 0.25) is 0 Å². The van der Waals surface area contributed by atoms with Crippen LogP contribution in [0.5, 0.6) is 0 Å². The smallest absolute Gasteiger partial charge is 0.220 e. The van der Waals surface area contributed by atoms with E-state index in [1.165, 1.54) is 205 Å². The summed E-state index contributed by atoms with van der Waals surface area (Å²) in [5.41, 5.74) is 0. The van der Waals surface area contributed by atoms with Crippen molar-refractivity contribution in [1.82, 2.24) is 5.32 Å². The minimum atomic E-state index is -0.858. The monoisotopic (exact) mass is 758 g/mol. The van der Waals surface area contributed by atoms with E-state index in [9.17, 15) is 15.0 Å². The maximum Gasteiger partial charge on any atom is 0.220 e. The summed E-state index contributed by atoms with van der Waals surface area (Å²) in [6.07, 6.45) is 61.5. The van der Waals surface area contributed by atoms with Gasteiger partial charge in [-0.1, -0.05) is 230 Å². The molecule has 1 amide bonds. The van der Waals surface area contributed by atoms with Gasteiger partial charge in [0.15, 0.2) is 0 Å². The van der Waals surface area contributed by atoms with Crippen LogP contribution in [-0.2, 0) is 4.79 Å². The molecule has 0 bridgehead atoms. The molecule has 0 fully saturated rings. The Kier molecular flexibility index (Phi) is 44.8. The summed E-state index contributed by atoms with van der Waals surface area (Å²) in [6.45, 7) is 4.28. The highest BCUT2D eigenvalue weighted by molar-refractivity contribution is 5.76. The Morgan fingerprint density at radius 1 is 0.426 bits per heavy atom. The first-order valence-electron chi connectivity index (χ1n) is 24.2. The Bertz CT molecular complexity index is 821. The molecule has 0 saturated carbocycles. The molecule has 0 aromatic rings. The zero-order chi connectivity index (χ0) is 39.3. The first kappa shape index (κ1) is 52.6. The molecule has 4 nitrogen and oxygen atoms in total. The van der Waals surface area contributed by atoms with Crippen LogP contribution in [0.25, 0.3) is 0 Å². The highest BCUT2D eigenvalue weighted by atomic mass is 16.3. The van der Waals surface area contributed by atoms with Crippen LogP contribution >= 0.6 is 0 Å². The van der Waals surface area contributed by atoms with Crippen molar-refractivity contribution >= 4 is 5.91 Å². The normalized spacial score (nSPS) is 13.2. The van der Waals surface area contributed by atoms with E-state index in [-0.39, 0.29) is 12.5 Å². The van der Waals surface area contributed by atoms with Gasteiger partial charge in [-0.2, -0.15) is 0 Å². The summed E-state index contributed by atoms with van der Waals surface area (Å²) in [6, 6.07) is -0.635. The lowest BCUT2D eigenvalue weighted by Gasteiger charge is -2.19. The number of amides is 1. The molecule has 318 valence electrons. The minimum Gasteiger partial charge on any atom is -0.394 e. The lowest BCUT2D eigenvalue weighted by molar-refractivity contribution is -0.123. The number of allylic oxidation sites excluding steroid dienone is 5. The van der Waals surface area contributed by atoms with Crippen molar-refractivity contribution in [2.24, 2.45) is 0 Å². The summed E-state index contributed by atoms with van der Waals surface area (Å²) in [4.78, 5) is 12.4. The first-order valence-corrected chi connectivity index (χ1v) is 24.2. The highest BCUT2D eigenvalue weighted by Gasteiger charge is 2.17. The van der Waals surface area contributed by atoms with Gasteiger partial charge in [-0.3, -0.25) is 4.79 Å². The van der Waals surface area contributed by atoms with Crippen molar-refractivity contribution in [3.63, 3.8) is 0 Å². The number of unbranched alkanes of at least 4 members (excludes halogenated alkanes) is 33. The Morgan fingerprint density at radius 3 is 1.07 bits per heavy atom. The summed E-state index contributed by atoms with van der Waals surface area (Å²) in [5, 5.41) is 22.9. The summed E-state index contributed by atoms with van der Waals surface area (Å²) >= 11 is 0. The predicted octanol–water partition coefficient (Wildman–Crippen LogP) is 15.4. The zero-order valence-electron chi connectivity index (χ0n) is 36.5. The van der Waals surface area contributed by atoms with Crippen LogP contribution in [-0.4, -0.2) is 34.9 Å². The number of aliphatic hydroxyl groups excluding tert-OH is 2. The Hall–Kier alpha value is -1.39. The molecular formula is C50H95NO3. The van der Waals surface area contributed by atoms with Gasteiger partial charge in [0.2, 0.25) is 5.91 Å². The van der Waals surface area contributed by atoms with Crippen LogP contribution in [0.4, 0.5) is 0 Å². The van der Waals surface area contributed by atoms with Gasteiger partial charge >= 0.3 is 0 Å². The number of hydrogen-bond acceptors (Lipinski definition) is 3.